The second kappa shape index (κ2) is 5.37. The van der Waals surface area contributed by atoms with E-state index < -0.39 is 9.84 Å². The van der Waals surface area contributed by atoms with Gasteiger partial charge in [-0.2, -0.15) is 0 Å². The largest absolute Gasteiger partial charge is 0.228 e. The molecule has 0 saturated heterocycles. The lowest BCUT2D eigenvalue weighted by molar-refractivity contribution is 0.247. The number of sulfone groups is 1. The van der Waals surface area contributed by atoms with E-state index in [-0.39, 0.29) is 11.2 Å². The normalized spacial score (nSPS) is 22.9. The highest BCUT2D eigenvalue weighted by Crippen LogP contribution is 2.42. The van der Waals surface area contributed by atoms with Gasteiger partial charge in [-0.25, -0.2) is 8.42 Å². The van der Waals surface area contributed by atoms with E-state index in [0.29, 0.717) is 16.7 Å². The molecule has 4 nitrogen and oxygen atoms in total. The van der Waals surface area contributed by atoms with Gasteiger partial charge >= 0.3 is 0 Å². The van der Waals surface area contributed by atoms with Crippen molar-refractivity contribution in [1.29, 1.82) is 0 Å². The first-order valence-corrected chi connectivity index (χ1v) is 10.1. The molecule has 0 aromatic carbocycles. The average Bonchev–Trinajstić information content (AvgIpc) is 3.10. The third kappa shape index (κ3) is 3.58. The Hall–Kier alpha value is -0.490. The number of aromatic nitrogens is 2. The molecule has 112 valence electrons. The van der Waals surface area contributed by atoms with Gasteiger partial charge < -0.3 is 0 Å². The zero-order chi connectivity index (χ0) is 14.2. The fraction of sp³-hybridized carbons (Fsp3) is 0.857. The first-order chi connectivity index (χ1) is 9.46. The van der Waals surface area contributed by atoms with Crippen molar-refractivity contribution in [2.45, 2.75) is 63.5 Å². The smallest absolute Gasteiger partial charge is 0.157 e. The molecule has 0 spiro atoms. The van der Waals surface area contributed by atoms with Crippen LogP contribution >= 0.6 is 11.3 Å². The zero-order valence-corrected chi connectivity index (χ0v) is 13.6. The Morgan fingerprint density at radius 1 is 1.20 bits per heavy atom. The summed E-state index contributed by atoms with van der Waals surface area (Å²) in [5.74, 6) is 0.936. The molecule has 1 heterocycles. The van der Waals surface area contributed by atoms with Crippen molar-refractivity contribution in [3.63, 3.8) is 0 Å². The molecule has 3 rings (SSSR count). The molecule has 0 radical (unpaired) electrons. The van der Waals surface area contributed by atoms with Gasteiger partial charge in [-0.05, 0) is 31.1 Å². The first kappa shape index (κ1) is 14.4. The van der Waals surface area contributed by atoms with Crippen LogP contribution in [0.3, 0.4) is 0 Å². The maximum Gasteiger partial charge on any atom is 0.157 e. The van der Waals surface area contributed by atoms with Gasteiger partial charge in [0.05, 0.1) is 5.75 Å². The van der Waals surface area contributed by atoms with Crippen LogP contribution in [0.25, 0.3) is 0 Å². The lowest BCUT2D eigenvalue weighted by atomic mass is 9.77. The molecule has 0 aliphatic heterocycles. The summed E-state index contributed by atoms with van der Waals surface area (Å²) in [6.07, 6.45) is 8.01. The molecule has 2 saturated carbocycles. The Morgan fingerprint density at radius 3 is 2.55 bits per heavy atom. The lowest BCUT2D eigenvalue weighted by Gasteiger charge is -2.33. The minimum Gasteiger partial charge on any atom is -0.228 e. The minimum atomic E-state index is -3.08. The molecule has 0 bridgehead atoms. The van der Waals surface area contributed by atoms with Gasteiger partial charge in [0.15, 0.2) is 9.84 Å². The van der Waals surface area contributed by atoms with Crippen LogP contribution in [-0.4, -0.2) is 24.4 Å². The Labute approximate surface area is 124 Å². The van der Waals surface area contributed by atoms with Crippen LogP contribution in [0.1, 0.15) is 67.8 Å². The summed E-state index contributed by atoms with van der Waals surface area (Å²) in [5, 5.41) is 9.90. The van der Waals surface area contributed by atoms with E-state index in [9.17, 15) is 8.42 Å². The zero-order valence-electron chi connectivity index (χ0n) is 12.0. The third-order valence-corrected chi connectivity index (χ3v) is 7.50. The van der Waals surface area contributed by atoms with E-state index in [0.717, 1.165) is 30.7 Å². The van der Waals surface area contributed by atoms with E-state index in [4.69, 9.17) is 0 Å². The van der Waals surface area contributed by atoms with Gasteiger partial charge in [-0.1, -0.05) is 26.2 Å². The Bertz CT molecular complexity index is 570. The molecule has 1 aromatic heterocycles. The molecule has 2 aliphatic rings. The summed E-state index contributed by atoms with van der Waals surface area (Å²) < 4.78 is 24.8. The molecule has 2 fully saturated rings. The predicted octanol–water partition coefficient (Wildman–Crippen LogP) is 3.30. The molecule has 2 aliphatic carbocycles. The number of hydrogen-bond acceptors (Lipinski definition) is 5. The van der Waals surface area contributed by atoms with Gasteiger partial charge in [0.1, 0.15) is 15.8 Å². The monoisotopic (exact) mass is 314 g/mol. The molecule has 0 atom stereocenters. The SMILES string of the molecule is CC1(CS(=O)(=O)Cc2nnc(C3CC3)s2)CCCCC1. The molecular formula is C14H22N2O2S2. The topological polar surface area (TPSA) is 59.9 Å². The summed E-state index contributed by atoms with van der Waals surface area (Å²) in [6.45, 7) is 2.12. The van der Waals surface area contributed by atoms with Crippen LogP contribution in [0.5, 0.6) is 0 Å². The summed E-state index contributed by atoms with van der Waals surface area (Å²) in [7, 11) is -3.08. The molecule has 20 heavy (non-hydrogen) atoms. The molecule has 1 aromatic rings. The number of hydrogen-bond donors (Lipinski definition) is 0. The van der Waals surface area contributed by atoms with Crippen molar-refractivity contribution >= 4 is 21.2 Å². The molecule has 0 N–H and O–H groups in total. The second-order valence-corrected chi connectivity index (χ2v) is 9.87. The standard InChI is InChI=1S/C14H22N2O2S2/c1-14(7-3-2-4-8-14)10-20(17,18)9-12-15-16-13(19-12)11-5-6-11/h11H,2-10H2,1H3. The van der Waals surface area contributed by atoms with E-state index in [1.165, 1.54) is 30.6 Å². The predicted molar refractivity (Wildman–Crippen MR) is 80.6 cm³/mol. The molecule has 0 amide bonds. The van der Waals surface area contributed by atoms with Gasteiger partial charge in [0.25, 0.3) is 0 Å². The van der Waals surface area contributed by atoms with Crippen LogP contribution in [0.15, 0.2) is 0 Å². The fourth-order valence-corrected chi connectivity index (χ4v) is 6.61. The van der Waals surface area contributed by atoms with Crippen molar-refractivity contribution < 1.29 is 8.42 Å². The van der Waals surface area contributed by atoms with Crippen molar-refractivity contribution in [3.05, 3.63) is 10.0 Å². The minimum absolute atomic E-state index is 0.0267. The highest BCUT2D eigenvalue weighted by atomic mass is 32.2. The van der Waals surface area contributed by atoms with Crippen LogP contribution in [-0.2, 0) is 15.6 Å². The van der Waals surface area contributed by atoms with E-state index >= 15 is 0 Å². The van der Waals surface area contributed by atoms with Crippen LogP contribution in [0.2, 0.25) is 0 Å². The fourth-order valence-electron chi connectivity index (χ4n) is 3.14. The summed E-state index contributed by atoms with van der Waals surface area (Å²) in [5.41, 5.74) is -0.0267. The summed E-state index contributed by atoms with van der Waals surface area (Å²) in [6, 6.07) is 0. The number of nitrogens with zero attached hydrogens (tertiary/aromatic N) is 2. The van der Waals surface area contributed by atoms with Gasteiger partial charge in [0, 0.05) is 5.92 Å². The molecular weight excluding hydrogens is 292 g/mol. The summed E-state index contributed by atoms with van der Waals surface area (Å²) >= 11 is 1.49. The van der Waals surface area contributed by atoms with Crippen LogP contribution < -0.4 is 0 Å². The van der Waals surface area contributed by atoms with Crippen molar-refractivity contribution in [3.8, 4) is 0 Å². The van der Waals surface area contributed by atoms with E-state index in [1.54, 1.807) is 0 Å². The Kier molecular flexibility index (Phi) is 3.88. The highest BCUT2D eigenvalue weighted by molar-refractivity contribution is 7.90. The van der Waals surface area contributed by atoms with Crippen molar-refractivity contribution in [1.82, 2.24) is 10.2 Å². The molecule has 0 unspecified atom stereocenters. The van der Waals surface area contributed by atoms with Crippen molar-refractivity contribution in [2.75, 3.05) is 5.75 Å². The Balaban J connectivity index is 1.64. The van der Waals surface area contributed by atoms with Gasteiger partial charge in [-0.15, -0.1) is 21.5 Å². The van der Waals surface area contributed by atoms with Crippen LogP contribution in [0, 0.1) is 5.41 Å². The van der Waals surface area contributed by atoms with Crippen molar-refractivity contribution in [2.24, 2.45) is 5.41 Å². The second-order valence-electron chi connectivity index (χ2n) is 6.71. The summed E-state index contributed by atoms with van der Waals surface area (Å²) in [4.78, 5) is 0. The third-order valence-electron chi connectivity index (χ3n) is 4.38. The highest BCUT2D eigenvalue weighted by Gasteiger charge is 2.33. The Morgan fingerprint density at radius 2 is 1.90 bits per heavy atom. The van der Waals surface area contributed by atoms with E-state index in [2.05, 4.69) is 17.1 Å². The molecule has 6 heteroatoms. The lowest BCUT2D eigenvalue weighted by Crippen LogP contribution is -2.30. The van der Waals surface area contributed by atoms with Crippen LogP contribution in [0.4, 0.5) is 0 Å². The number of rotatable bonds is 5. The maximum atomic E-state index is 12.4. The first-order valence-electron chi connectivity index (χ1n) is 7.49. The van der Waals surface area contributed by atoms with Gasteiger partial charge in [-0.3, -0.25) is 0 Å². The maximum absolute atomic E-state index is 12.4. The quantitative estimate of drug-likeness (QED) is 0.836. The van der Waals surface area contributed by atoms with Gasteiger partial charge in [0.2, 0.25) is 0 Å². The van der Waals surface area contributed by atoms with E-state index in [1.807, 2.05) is 0 Å². The average molecular weight is 314 g/mol.